The van der Waals surface area contributed by atoms with E-state index in [4.69, 9.17) is 0 Å². The molecule has 1 amide bonds. The highest BCUT2D eigenvalue weighted by Gasteiger charge is 2.23. The first-order valence-corrected chi connectivity index (χ1v) is 6.58. The molecule has 0 saturated carbocycles. The Bertz CT molecular complexity index is 631. The number of carboxylic acids is 1. The van der Waals surface area contributed by atoms with Crippen molar-refractivity contribution in [2.24, 2.45) is 0 Å². The molecule has 0 unspecified atom stereocenters. The van der Waals surface area contributed by atoms with Gasteiger partial charge in [-0.1, -0.05) is 30.3 Å². The maximum absolute atomic E-state index is 12.1. The second kappa shape index (κ2) is 6.29. The topological polar surface area (TPSA) is 79.3 Å². The average Bonchev–Trinajstić information content (AvgIpc) is 2.45. The lowest BCUT2D eigenvalue weighted by Crippen LogP contribution is -2.34. The Morgan fingerprint density at radius 2 is 1.85 bits per heavy atom. The van der Waals surface area contributed by atoms with Crippen molar-refractivity contribution in [2.45, 2.75) is 6.04 Å². The number of carbonyl (C=O) groups excluding carboxylic acids is 1. The van der Waals surface area contributed by atoms with Crippen molar-refractivity contribution in [2.75, 3.05) is 0 Å². The summed E-state index contributed by atoms with van der Waals surface area (Å²) in [4.78, 5) is 27.3. The van der Waals surface area contributed by atoms with Crippen molar-refractivity contribution in [3.05, 3.63) is 64.4 Å². The summed E-state index contributed by atoms with van der Waals surface area (Å²) in [7, 11) is 0. The van der Waals surface area contributed by atoms with Gasteiger partial charge in [0, 0.05) is 10.7 Å². The molecule has 6 heteroatoms. The second-order valence-corrected chi connectivity index (χ2v) is 4.84. The highest BCUT2D eigenvalue weighted by molar-refractivity contribution is 9.10. The highest BCUT2D eigenvalue weighted by atomic mass is 79.9. The maximum Gasteiger partial charge on any atom is 0.330 e. The van der Waals surface area contributed by atoms with Crippen LogP contribution in [0.2, 0.25) is 0 Å². The summed E-state index contributed by atoms with van der Waals surface area (Å²) in [6.07, 6.45) is 1.47. The van der Waals surface area contributed by atoms with Gasteiger partial charge >= 0.3 is 5.97 Å². The van der Waals surface area contributed by atoms with Gasteiger partial charge in [0.05, 0.1) is 0 Å². The molecule has 1 aromatic heterocycles. The van der Waals surface area contributed by atoms with Crippen molar-refractivity contribution in [3.63, 3.8) is 0 Å². The first-order valence-electron chi connectivity index (χ1n) is 5.78. The second-order valence-electron chi connectivity index (χ2n) is 3.99. The molecule has 1 heterocycles. The van der Waals surface area contributed by atoms with Crippen LogP contribution in [0.25, 0.3) is 0 Å². The molecule has 5 nitrogen and oxygen atoms in total. The number of hydrogen-bond donors (Lipinski definition) is 2. The number of aromatic nitrogens is 1. The molecular weight excluding hydrogens is 324 g/mol. The van der Waals surface area contributed by atoms with E-state index in [0.717, 1.165) is 0 Å². The minimum Gasteiger partial charge on any atom is -0.479 e. The fourth-order valence-corrected chi connectivity index (χ4v) is 2.12. The lowest BCUT2D eigenvalue weighted by Gasteiger charge is -2.14. The first-order chi connectivity index (χ1) is 9.59. The Hall–Kier alpha value is -2.21. The Morgan fingerprint density at radius 1 is 1.15 bits per heavy atom. The molecule has 0 bridgehead atoms. The van der Waals surface area contributed by atoms with E-state index in [1.54, 1.807) is 42.5 Å². The number of benzene rings is 1. The number of amides is 1. The van der Waals surface area contributed by atoms with Crippen LogP contribution in [0.5, 0.6) is 0 Å². The standard InChI is InChI=1S/C14H11BrN2O3/c15-10-7-4-8-16-12(10)13(18)17-11(14(19)20)9-5-2-1-3-6-9/h1-8,11H,(H,17,18)(H,19,20)/t11-/m0/s1. The number of halogens is 1. The maximum atomic E-state index is 12.1. The van der Waals surface area contributed by atoms with Crippen LogP contribution in [0.3, 0.4) is 0 Å². The molecule has 20 heavy (non-hydrogen) atoms. The number of pyridine rings is 1. The van der Waals surface area contributed by atoms with Crippen LogP contribution >= 0.6 is 15.9 Å². The van der Waals surface area contributed by atoms with Gasteiger partial charge in [-0.2, -0.15) is 0 Å². The van der Waals surface area contributed by atoms with Crippen LogP contribution in [-0.4, -0.2) is 22.0 Å². The van der Waals surface area contributed by atoms with E-state index in [0.29, 0.717) is 10.0 Å². The Kier molecular flexibility index (Phi) is 4.47. The molecule has 0 spiro atoms. The minimum absolute atomic E-state index is 0.148. The van der Waals surface area contributed by atoms with Gasteiger partial charge in [0.25, 0.3) is 5.91 Å². The summed E-state index contributed by atoms with van der Waals surface area (Å²) >= 11 is 3.21. The summed E-state index contributed by atoms with van der Waals surface area (Å²) in [5, 5.41) is 11.7. The number of nitrogens with zero attached hydrogens (tertiary/aromatic N) is 1. The molecule has 0 saturated heterocycles. The van der Waals surface area contributed by atoms with Crippen molar-refractivity contribution < 1.29 is 14.7 Å². The van der Waals surface area contributed by atoms with Gasteiger partial charge in [0.1, 0.15) is 5.69 Å². The third-order valence-corrected chi connectivity index (χ3v) is 3.27. The number of hydrogen-bond acceptors (Lipinski definition) is 3. The van der Waals surface area contributed by atoms with Gasteiger partial charge < -0.3 is 10.4 Å². The molecule has 102 valence electrons. The van der Waals surface area contributed by atoms with Crippen molar-refractivity contribution >= 4 is 27.8 Å². The van der Waals surface area contributed by atoms with E-state index >= 15 is 0 Å². The normalized spacial score (nSPS) is 11.7. The van der Waals surface area contributed by atoms with Crippen molar-refractivity contribution in [3.8, 4) is 0 Å². The summed E-state index contributed by atoms with van der Waals surface area (Å²) in [5.74, 6) is -1.68. The lowest BCUT2D eigenvalue weighted by atomic mass is 10.1. The van der Waals surface area contributed by atoms with Gasteiger partial charge in [0.2, 0.25) is 0 Å². The number of aliphatic carboxylic acids is 1. The lowest BCUT2D eigenvalue weighted by molar-refractivity contribution is -0.139. The van der Waals surface area contributed by atoms with E-state index in [-0.39, 0.29) is 5.69 Å². The van der Waals surface area contributed by atoms with Crippen LogP contribution in [0.15, 0.2) is 53.1 Å². The molecule has 0 radical (unpaired) electrons. The number of nitrogens with one attached hydrogen (secondary N) is 1. The van der Waals surface area contributed by atoms with E-state index in [1.807, 2.05) is 0 Å². The smallest absolute Gasteiger partial charge is 0.330 e. The fourth-order valence-electron chi connectivity index (χ4n) is 1.69. The van der Waals surface area contributed by atoms with E-state index in [1.165, 1.54) is 6.20 Å². The van der Waals surface area contributed by atoms with Gasteiger partial charge in [-0.15, -0.1) is 0 Å². The Labute approximate surface area is 123 Å². The van der Waals surface area contributed by atoms with Crippen molar-refractivity contribution in [1.82, 2.24) is 10.3 Å². The van der Waals surface area contributed by atoms with Gasteiger partial charge in [0.15, 0.2) is 6.04 Å². The van der Waals surface area contributed by atoms with Crippen LogP contribution in [-0.2, 0) is 4.79 Å². The van der Waals surface area contributed by atoms with Gasteiger partial charge in [-0.25, -0.2) is 9.78 Å². The van der Waals surface area contributed by atoms with Crippen LogP contribution in [0, 0.1) is 0 Å². The predicted molar refractivity (Wildman–Crippen MR) is 76.2 cm³/mol. The molecule has 0 aliphatic carbocycles. The van der Waals surface area contributed by atoms with Gasteiger partial charge in [-0.05, 0) is 33.6 Å². The average molecular weight is 335 g/mol. The van der Waals surface area contributed by atoms with Crippen LogP contribution in [0.4, 0.5) is 0 Å². The van der Waals surface area contributed by atoms with Gasteiger partial charge in [-0.3, -0.25) is 4.79 Å². The zero-order valence-electron chi connectivity index (χ0n) is 10.3. The third-order valence-electron chi connectivity index (χ3n) is 2.63. The first kappa shape index (κ1) is 14.2. The largest absolute Gasteiger partial charge is 0.479 e. The fraction of sp³-hybridized carbons (Fsp3) is 0.0714. The summed E-state index contributed by atoms with van der Waals surface area (Å²) in [5.41, 5.74) is 0.648. The van der Waals surface area contributed by atoms with E-state index in [2.05, 4.69) is 26.2 Å². The highest BCUT2D eigenvalue weighted by Crippen LogP contribution is 2.17. The SMILES string of the molecule is O=C(N[C@H](C(=O)O)c1ccccc1)c1ncccc1Br. The molecule has 0 fully saturated rings. The monoisotopic (exact) mass is 334 g/mol. The molecule has 2 aromatic rings. The zero-order valence-corrected chi connectivity index (χ0v) is 11.9. The van der Waals surface area contributed by atoms with Crippen molar-refractivity contribution in [1.29, 1.82) is 0 Å². The molecule has 2 N–H and O–H groups in total. The third kappa shape index (κ3) is 3.21. The molecule has 1 aromatic carbocycles. The molecule has 1 atom stereocenters. The molecular formula is C14H11BrN2O3. The number of carboxylic acid groups (broad SMARTS) is 1. The predicted octanol–water partition coefficient (Wildman–Crippen LogP) is 2.40. The van der Waals surface area contributed by atoms with E-state index in [9.17, 15) is 14.7 Å². The molecule has 2 rings (SSSR count). The Morgan fingerprint density at radius 3 is 2.45 bits per heavy atom. The Balaban J connectivity index is 2.24. The summed E-state index contributed by atoms with van der Waals surface area (Å²) in [6.45, 7) is 0. The summed E-state index contributed by atoms with van der Waals surface area (Å²) < 4.78 is 0.509. The van der Waals surface area contributed by atoms with Crippen LogP contribution in [0.1, 0.15) is 22.1 Å². The zero-order chi connectivity index (χ0) is 14.5. The minimum atomic E-state index is -1.13. The van der Waals surface area contributed by atoms with Crippen LogP contribution < -0.4 is 5.32 Å². The molecule has 0 aliphatic heterocycles. The molecule has 0 aliphatic rings. The van der Waals surface area contributed by atoms with E-state index < -0.39 is 17.9 Å². The number of carbonyl (C=O) groups is 2. The number of rotatable bonds is 4. The summed E-state index contributed by atoms with van der Waals surface area (Å²) in [6, 6.07) is 10.7. The quantitative estimate of drug-likeness (QED) is 0.899.